The van der Waals surface area contributed by atoms with Crippen LogP contribution in [0.2, 0.25) is 10.0 Å². The standard InChI is InChI=1S/C18H24Cl2O6/c1-2-3-4-5-6-13(21)10-18(25,17(23)24)11-16(22)26-15-8-7-12(19)9-14(15)20/h7-9,13,21,25H,2-6,10-11H2,1H3,(H,23,24). The lowest BCUT2D eigenvalue weighted by Crippen LogP contribution is -2.44. The average molecular weight is 407 g/mol. The number of aliphatic carboxylic acids is 1. The van der Waals surface area contributed by atoms with Gasteiger partial charge in [-0.2, -0.15) is 0 Å². The molecule has 1 aromatic carbocycles. The summed E-state index contributed by atoms with van der Waals surface area (Å²) in [5, 5.41) is 30.0. The number of aliphatic hydroxyl groups is 2. The molecule has 2 unspecified atom stereocenters. The van der Waals surface area contributed by atoms with Gasteiger partial charge >= 0.3 is 11.9 Å². The second-order valence-corrected chi connectivity index (χ2v) is 7.11. The van der Waals surface area contributed by atoms with Crippen LogP contribution in [0.3, 0.4) is 0 Å². The second kappa shape index (κ2) is 10.7. The fourth-order valence-corrected chi connectivity index (χ4v) is 2.94. The molecular formula is C18H24Cl2O6. The minimum absolute atomic E-state index is 0.00826. The molecule has 0 heterocycles. The third-order valence-corrected chi connectivity index (χ3v) is 4.45. The molecule has 0 aliphatic heterocycles. The number of carboxylic acids is 1. The number of unbranched alkanes of at least 4 members (excludes halogenated alkanes) is 3. The molecule has 26 heavy (non-hydrogen) atoms. The zero-order valence-electron chi connectivity index (χ0n) is 14.6. The topological polar surface area (TPSA) is 104 Å². The van der Waals surface area contributed by atoms with Crippen molar-refractivity contribution in [1.29, 1.82) is 0 Å². The Morgan fingerprint density at radius 2 is 1.92 bits per heavy atom. The summed E-state index contributed by atoms with van der Waals surface area (Å²) < 4.78 is 5.01. The highest BCUT2D eigenvalue weighted by atomic mass is 35.5. The number of carbonyl (C=O) groups excluding carboxylic acids is 1. The van der Waals surface area contributed by atoms with E-state index in [9.17, 15) is 24.9 Å². The van der Waals surface area contributed by atoms with Crippen molar-refractivity contribution in [3.63, 3.8) is 0 Å². The van der Waals surface area contributed by atoms with E-state index < -0.39 is 36.5 Å². The normalized spacial score (nSPS) is 14.5. The molecule has 0 saturated heterocycles. The minimum Gasteiger partial charge on any atom is -0.479 e. The number of hydrogen-bond donors (Lipinski definition) is 3. The third kappa shape index (κ3) is 7.50. The number of hydrogen-bond acceptors (Lipinski definition) is 5. The van der Waals surface area contributed by atoms with E-state index in [0.717, 1.165) is 25.7 Å². The molecule has 1 rings (SSSR count). The Balaban J connectivity index is 2.67. The summed E-state index contributed by atoms with van der Waals surface area (Å²) >= 11 is 11.6. The van der Waals surface area contributed by atoms with Gasteiger partial charge in [0.2, 0.25) is 0 Å². The predicted octanol–water partition coefficient (Wildman–Crippen LogP) is 3.83. The van der Waals surface area contributed by atoms with E-state index in [4.69, 9.17) is 27.9 Å². The van der Waals surface area contributed by atoms with Crippen LogP contribution in [-0.4, -0.2) is 39.0 Å². The number of esters is 1. The maximum Gasteiger partial charge on any atom is 0.336 e. The SMILES string of the molecule is CCCCCCC(O)CC(O)(CC(=O)Oc1ccc(Cl)cc1Cl)C(=O)O. The summed E-state index contributed by atoms with van der Waals surface area (Å²) in [4.78, 5) is 23.5. The fourth-order valence-electron chi connectivity index (χ4n) is 2.49. The van der Waals surface area contributed by atoms with Crippen molar-refractivity contribution in [2.24, 2.45) is 0 Å². The van der Waals surface area contributed by atoms with Crippen molar-refractivity contribution < 1.29 is 29.6 Å². The van der Waals surface area contributed by atoms with E-state index in [2.05, 4.69) is 6.92 Å². The summed E-state index contributed by atoms with van der Waals surface area (Å²) in [6.07, 6.45) is 1.74. The quantitative estimate of drug-likeness (QED) is 0.293. The van der Waals surface area contributed by atoms with Crippen LogP contribution in [0.4, 0.5) is 0 Å². The fraction of sp³-hybridized carbons (Fsp3) is 0.556. The third-order valence-electron chi connectivity index (χ3n) is 3.92. The van der Waals surface area contributed by atoms with Gasteiger partial charge in [-0.15, -0.1) is 0 Å². The molecule has 0 fully saturated rings. The average Bonchev–Trinajstić information content (AvgIpc) is 2.54. The Hall–Kier alpha value is -1.34. The van der Waals surface area contributed by atoms with Gasteiger partial charge in [-0.3, -0.25) is 4.79 Å². The Bertz CT molecular complexity index is 622. The first-order valence-electron chi connectivity index (χ1n) is 8.47. The molecule has 0 aliphatic rings. The molecule has 0 aromatic heterocycles. The molecule has 0 bridgehead atoms. The first-order chi connectivity index (χ1) is 12.2. The van der Waals surface area contributed by atoms with Crippen molar-refractivity contribution in [3.8, 4) is 5.75 Å². The molecule has 1 aromatic rings. The van der Waals surface area contributed by atoms with E-state index in [0.29, 0.717) is 11.4 Å². The lowest BCUT2D eigenvalue weighted by atomic mass is 9.90. The van der Waals surface area contributed by atoms with Gasteiger partial charge in [-0.25, -0.2) is 4.79 Å². The molecule has 3 N–H and O–H groups in total. The summed E-state index contributed by atoms with van der Waals surface area (Å²) in [6.45, 7) is 2.05. The molecule has 0 radical (unpaired) electrons. The molecule has 0 spiro atoms. The molecule has 2 atom stereocenters. The monoisotopic (exact) mass is 406 g/mol. The highest BCUT2D eigenvalue weighted by Gasteiger charge is 2.41. The lowest BCUT2D eigenvalue weighted by molar-refractivity contribution is -0.168. The van der Waals surface area contributed by atoms with E-state index in [1.54, 1.807) is 0 Å². The van der Waals surface area contributed by atoms with Crippen molar-refractivity contribution in [3.05, 3.63) is 28.2 Å². The van der Waals surface area contributed by atoms with Crippen LogP contribution >= 0.6 is 23.2 Å². The van der Waals surface area contributed by atoms with Gasteiger partial charge in [-0.05, 0) is 24.6 Å². The molecule has 146 valence electrons. The van der Waals surface area contributed by atoms with E-state index in [1.165, 1.54) is 18.2 Å². The van der Waals surface area contributed by atoms with Gasteiger partial charge in [-0.1, -0.05) is 55.8 Å². The second-order valence-electron chi connectivity index (χ2n) is 6.27. The summed E-state index contributed by atoms with van der Waals surface area (Å²) in [5.74, 6) is -2.56. The van der Waals surface area contributed by atoms with Crippen molar-refractivity contribution in [2.45, 2.75) is 63.6 Å². The Kier molecular flexibility index (Phi) is 9.36. The summed E-state index contributed by atoms with van der Waals surface area (Å²) in [7, 11) is 0. The number of aliphatic hydroxyl groups excluding tert-OH is 1. The zero-order chi connectivity index (χ0) is 19.7. The Labute approximate surface area is 162 Å². The number of halogens is 2. The van der Waals surface area contributed by atoms with Crippen molar-refractivity contribution in [2.75, 3.05) is 0 Å². The van der Waals surface area contributed by atoms with E-state index >= 15 is 0 Å². The molecule has 0 aliphatic carbocycles. The van der Waals surface area contributed by atoms with Crippen LogP contribution in [-0.2, 0) is 9.59 Å². The van der Waals surface area contributed by atoms with Crippen molar-refractivity contribution in [1.82, 2.24) is 0 Å². The number of carboxylic acid groups (broad SMARTS) is 1. The summed E-state index contributed by atoms with van der Waals surface area (Å²) in [5.41, 5.74) is -2.42. The van der Waals surface area contributed by atoms with Gasteiger partial charge in [0.25, 0.3) is 0 Å². The minimum atomic E-state index is -2.42. The largest absolute Gasteiger partial charge is 0.479 e. The van der Waals surface area contributed by atoms with Crippen LogP contribution in [0.5, 0.6) is 5.75 Å². The first-order valence-corrected chi connectivity index (χ1v) is 9.23. The predicted molar refractivity (Wildman–Crippen MR) is 98.7 cm³/mol. The Morgan fingerprint density at radius 3 is 2.50 bits per heavy atom. The van der Waals surface area contributed by atoms with E-state index in [1.807, 2.05) is 0 Å². The van der Waals surface area contributed by atoms with Crippen LogP contribution in [0.1, 0.15) is 51.9 Å². The molecule has 6 nitrogen and oxygen atoms in total. The molecule has 0 saturated carbocycles. The van der Waals surface area contributed by atoms with E-state index in [-0.39, 0.29) is 10.8 Å². The van der Waals surface area contributed by atoms with Gasteiger partial charge in [0.15, 0.2) is 5.60 Å². The number of benzene rings is 1. The zero-order valence-corrected chi connectivity index (χ0v) is 16.1. The number of ether oxygens (including phenoxy) is 1. The lowest BCUT2D eigenvalue weighted by Gasteiger charge is -2.25. The summed E-state index contributed by atoms with van der Waals surface area (Å²) in [6, 6.07) is 4.19. The maximum absolute atomic E-state index is 12.0. The highest BCUT2D eigenvalue weighted by molar-refractivity contribution is 6.35. The smallest absolute Gasteiger partial charge is 0.336 e. The molecule has 0 amide bonds. The van der Waals surface area contributed by atoms with Gasteiger partial charge in [0.1, 0.15) is 5.75 Å². The first kappa shape index (κ1) is 22.7. The molecular weight excluding hydrogens is 383 g/mol. The van der Waals surface area contributed by atoms with Gasteiger partial charge in [0.05, 0.1) is 17.5 Å². The maximum atomic E-state index is 12.0. The molecule has 8 heteroatoms. The van der Waals surface area contributed by atoms with Gasteiger partial charge in [0, 0.05) is 11.4 Å². The Morgan fingerprint density at radius 1 is 1.23 bits per heavy atom. The number of carbonyl (C=O) groups is 2. The van der Waals surface area contributed by atoms with Crippen LogP contribution in [0.25, 0.3) is 0 Å². The highest BCUT2D eigenvalue weighted by Crippen LogP contribution is 2.29. The van der Waals surface area contributed by atoms with Crippen LogP contribution in [0, 0.1) is 0 Å². The van der Waals surface area contributed by atoms with Crippen molar-refractivity contribution >= 4 is 35.1 Å². The van der Waals surface area contributed by atoms with Crippen LogP contribution < -0.4 is 4.74 Å². The van der Waals surface area contributed by atoms with Crippen LogP contribution in [0.15, 0.2) is 18.2 Å². The number of rotatable bonds is 11. The van der Waals surface area contributed by atoms with Gasteiger partial charge < -0.3 is 20.1 Å².